The van der Waals surface area contributed by atoms with Gasteiger partial charge in [-0.05, 0) is 12.1 Å². The summed E-state index contributed by atoms with van der Waals surface area (Å²) < 4.78 is 37.6. The Morgan fingerprint density at radius 1 is 1.03 bits per heavy atom. The zero-order valence-corrected chi connectivity index (χ0v) is 18.0. The molecule has 0 unspecified atom stereocenters. The molecule has 31 heavy (non-hydrogen) atoms. The third kappa shape index (κ3) is 4.78. The van der Waals surface area contributed by atoms with E-state index in [9.17, 15) is 23.3 Å². The molecule has 0 spiro atoms. The largest absolute Gasteiger partial charge is 0.493 e. The number of methoxy groups -OCH3 is 2. The van der Waals surface area contributed by atoms with E-state index >= 15 is 0 Å². The topological polar surface area (TPSA) is 119 Å². The van der Waals surface area contributed by atoms with Crippen LogP contribution in [0.25, 0.3) is 0 Å². The van der Waals surface area contributed by atoms with E-state index in [1.165, 1.54) is 47.7 Å². The van der Waals surface area contributed by atoms with E-state index < -0.39 is 14.9 Å². The molecule has 1 heterocycles. The summed E-state index contributed by atoms with van der Waals surface area (Å²) in [4.78, 5) is 24.9. The third-order valence-corrected chi connectivity index (χ3v) is 7.01. The number of carbonyl (C=O) groups is 1. The maximum Gasteiger partial charge on any atom is 0.273 e. The van der Waals surface area contributed by atoms with Gasteiger partial charge in [0.05, 0.1) is 30.5 Å². The number of nitrogens with zero attached hydrogens (tertiary/aromatic N) is 3. The second-order valence-corrected chi connectivity index (χ2v) is 8.80. The van der Waals surface area contributed by atoms with Crippen LogP contribution in [0, 0.1) is 10.1 Å². The molecule has 1 amide bonds. The van der Waals surface area contributed by atoms with Crippen LogP contribution in [0.3, 0.4) is 0 Å². The molecule has 3 rings (SSSR count). The lowest BCUT2D eigenvalue weighted by molar-refractivity contribution is -0.385. The number of para-hydroxylation sites is 1. The second kappa shape index (κ2) is 9.31. The fourth-order valence-corrected chi connectivity index (χ4v) is 4.86. The summed E-state index contributed by atoms with van der Waals surface area (Å²) in [5, 5.41) is 11.1. The van der Waals surface area contributed by atoms with Gasteiger partial charge in [0.2, 0.25) is 15.9 Å². The number of nitro groups is 1. The van der Waals surface area contributed by atoms with E-state index in [-0.39, 0.29) is 49.1 Å². The van der Waals surface area contributed by atoms with Crippen LogP contribution in [0.4, 0.5) is 5.69 Å². The number of amides is 1. The monoisotopic (exact) mass is 449 g/mol. The van der Waals surface area contributed by atoms with E-state index in [1.54, 1.807) is 18.2 Å². The highest BCUT2D eigenvalue weighted by Crippen LogP contribution is 2.31. The van der Waals surface area contributed by atoms with Crippen LogP contribution in [-0.4, -0.2) is 68.9 Å². The molecular weight excluding hydrogens is 426 g/mol. The standard InChI is InChI=1S/C20H23N3O7S/c1-29-18-8-7-16(14-19(18)30-2)31(27,28)22-11-9-21(10-12-22)20(24)13-15-5-3-4-6-17(15)23(25)26/h3-8,14H,9-13H2,1-2H3. The van der Waals surface area contributed by atoms with Crippen LogP contribution in [0.1, 0.15) is 5.56 Å². The van der Waals surface area contributed by atoms with Crippen LogP contribution in [-0.2, 0) is 21.2 Å². The lowest BCUT2D eigenvalue weighted by atomic mass is 10.1. The van der Waals surface area contributed by atoms with Gasteiger partial charge in [-0.15, -0.1) is 0 Å². The molecule has 0 atom stereocenters. The Kier molecular flexibility index (Phi) is 6.76. The summed E-state index contributed by atoms with van der Waals surface area (Å²) >= 11 is 0. The highest BCUT2D eigenvalue weighted by Gasteiger charge is 2.31. The SMILES string of the molecule is COc1ccc(S(=O)(=O)N2CCN(C(=O)Cc3ccccc3[N+](=O)[O-])CC2)cc1OC. The zero-order valence-electron chi connectivity index (χ0n) is 17.2. The van der Waals surface area contributed by atoms with Crippen molar-refractivity contribution in [1.29, 1.82) is 0 Å². The maximum atomic E-state index is 13.0. The van der Waals surface area contributed by atoms with Gasteiger partial charge in [0.15, 0.2) is 11.5 Å². The number of nitro benzene ring substituents is 1. The highest BCUT2D eigenvalue weighted by atomic mass is 32.2. The first-order chi connectivity index (χ1) is 14.8. The van der Waals surface area contributed by atoms with Crippen molar-refractivity contribution in [2.24, 2.45) is 0 Å². The molecule has 0 aromatic heterocycles. The lowest BCUT2D eigenvalue weighted by Gasteiger charge is -2.34. The molecule has 1 aliphatic rings. The Morgan fingerprint density at radius 3 is 2.29 bits per heavy atom. The summed E-state index contributed by atoms with van der Waals surface area (Å²) in [6, 6.07) is 10.5. The van der Waals surface area contributed by atoms with Crippen molar-refractivity contribution in [1.82, 2.24) is 9.21 Å². The molecule has 1 saturated heterocycles. The van der Waals surface area contributed by atoms with Gasteiger partial charge in [-0.25, -0.2) is 8.42 Å². The number of rotatable bonds is 7. The minimum absolute atomic E-state index is 0.0739. The smallest absolute Gasteiger partial charge is 0.273 e. The van der Waals surface area contributed by atoms with E-state index in [0.717, 1.165) is 0 Å². The van der Waals surface area contributed by atoms with Crippen molar-refractivity contribution in [3.8, 4) is 11.5 Å². The molecule has 0 radical (unpaired) electrons. The Bertz CT molecular complexity index is 1080. The van der Waals surface area contributed by atoms with Crippen molar-refractivity contribution in [2.75, 3.05) is 40.4 Å². The van der Waals surface area contributed by atoms with Gasteiger partial charge in [-0.2, -0.15) is 4.31 Å². The van der Waals surface area contributed by atoms with Crippen LogP contribution >= 0.6 is 0 Å². The van der Waals surface area contributed by atoms with Gasteiger partial charge < -0.3 is 14.4 Å². The van der Waals surface area contributed by atoms with E-state index in [1.807, 2.05) is 0 Å². The number of carbonyl (C=O) groups excluding carboxylic acids is 1. The van der Waals surface area contributed by atoms with Crippen molar-refractivity contribution in [3.05, 3.63) is 58.1 Å². The summed E-state index contributed by atoms with van der Waals surface area (Å²) in [5.41, 5.74) is 0.225. The number of hydrogen-bond acceptors (Lipinski definition) is 7. The number of piperazine rings is 1. The Morgan fingerprint density at radius 2 is 1.68 bits per heavy atom. The summed E-state index contributed by atoms with van der Waals surface area (Å²) in [6.07, 6.45) is -0.112. The third-order valence-electron chi connectivity index (χ3n) is 5.11. The Labute approximate surface area is 180 Å². The highest BCUT2D eigenvalue weighted by molar-refractivity contribution is 7.89. The fraction of sp³-hybridized carbons (Fsp3) is 0.350. The van der Waals surface area contributed by atoms with E-state index in [4.69, 9.17) is 9.47 Å². The zero-order chi connectivity index (χ0) is 22.6. The summed E-state index contributed by atoms with van der Waals surface area (Å²) in [5.74, 6) is 0.450. The minimum atomic E-state index is -3.78. The number of sulfonamides is 1. The van der Waals surface area contributed by atoms with Crippen molar-refractivity contribution in [2.45, 2.75) is 11.3 Å². The number of hydrogen-bond donors (Lipinski definition) is 0. The van der Waals surface area contributed by atoms with Crippen molar-refractivity contribution < 1.29 is 27.6 Å². The molecule has 1 fully saturated rings. The molecule has 0 saturated carbocycles. The minimum Gasteiger partial charge on any atom is -0.493 e. The average molecular weight is 449 g/mol. The normalized spacial score (nSPS) is 14.8. The van der Waals surface area contributed by atoms with Crippen molar-refractivity contribution >= 4 is 21.6 Å². The molecule has 166 valence electrons. The molecular formula is C20H23N3O7S. The quantitative estimate of drug-likeness (QED) is 0.466. The second-order valence-electron chi connectivity index (χ2n) is 6.86. The first kappa shape index (κ1) is 22.5. The first-order valence-electron chi connectivity index (χ1n) is 9.50. The molecule has 1 aliphatic heterocycles. The number of benzene rings is 2. The Hall–Kier alpha value is -3.18. The van der Waals surface area contributed by atoms with E-state index in [2.05, 4.69) is 0 Å². The van der Waals surface area contributed by atoms with Gasteiger partial charge in [0.1, 0.15) is 0 Å². The van der Waals surface area contributed by atoms with Gasteiger partial charge >= 0.3 is 0 Å². The molecule has 11 heteroatoms. The van der Waals surface area contributed by atoms with E-state index in [0.29, 0.717) is 17.1 Å². The van der Waals surface area contributed by atoms with Crippen LogP contribution in [0.2, 0.25) is 0 Å². The molecule has 2 aromatic rings. The van der Waals surface area contributed by atoms with Gasteiger partial charge in [0.25, 0.3) is 5.69 Å². The average Bonchev–Trinajstić information content (AvgIpc) is 2.78. The molecule has 2 aromatic carbocycles. The molecule has 0 bridgehead atoms. The lowest BCUT2D eigenvalue weighted by Crippen LogP contribution is -2.50. The molecule has 0 aliphatic carbocycles. The van der Waals surface area contributed by atoms with Crippen molar-refractivity contribution in [3.63, 3.8) is 0 Å². The molecule has 10 nitrogen and oxygen atoms in total. The van der Waals surface area contributed by atoms with Crippen LogP contribution in [0.5, 0.6) is 11.5 Å². The first-order valence-corrected chi connectivity index (χ1v) is 10.9. The number of ether oxygens (including phenoxy) is 2. The predicted octanol–water partition coefficient (Wildman–Crippen LogP) is 1.69. The van der Waals surface area contributed by atoms with Gasteiger partial charge in [-0.3, -0.25) is 14.9 Å². The summed E-state index contributed by atoms with van der Waals surface area (Å²) in [7, 11) is -0.884. The van der Waals surface area contributed by atoms with Gasteiger partial charge in [-0.1, -0.05) is 18.2 Å². The summed E-state index contributed by atoms with van der Waals surface area (Å²) in [6.45, 7) is 0.649. The molecule has 0 N–H and O–H groups in total. The van der Waals surface area contributed by atoms with Gasteiger partial charge in [0, 0.05) is 43.9 Å². The Balaban J connectivity index is 1.68. The van der Waals surface area contributed by atoms with Crippen LogP contribution in [0.15, 0.2) is 47.4 Å². The predicted molar refractivity (Wildman–Crippen MR) is 112 cm³/mol. The fourth-order valence-electron chi connectivity index (χ4n) is 3.42. The maximum absolute atomic E-state index is 13.0. The van der Waals surface area contributed by atoms with Crippen LogP contribution < -0.4 is 9.47 Å².